The molecular weight excluding hydrogens is 321 g/mol. The minimum absolute atomic E-state index is 0. The Morgan fingerprint density at radius 2 is 1.91 bits per heavy atom. The van der Waals surface area contributed by atoms with E-state index in [1.165, 1.54) is 31.5 Å². The molecule has 0 spiro atoms. The van der Waals surface area contributed by atoms with Crippen LogP contribution in [0, 0.1) is 0 Å². The van der Waals surface area contributed by atoms with Crippen LogP contribution in [0.5, 0.6) is 0 Å². The van der Waals surface area contributed by atoms with Crippen LogP contribution in [0.25, 0.3) is 0 Å². The van der Waals surface area contributed by atoms with Crippen molar-refractivity contribution in [2.75, 3.05) is 33.2 Å². The predicted molar refractivity (Wildman–Crippen MR) is 96.3 cm³/mol. The highest BCUT2D eigenvalue weighted by molar-refractivity contribution is 5.94. The average Bonchev–Trinajstić information content (AvgIpc) is 2.96. The van der Waals surface area contributed by atoms with E-state index in [0.717, 1.165) is 31.6 Å². The van der Waals surface area contributed by atoms with Crippen LogP contribution >= 0.6 is 24.8 Å². The zero-order valence-corrected chi connectivity index (χ0v) is 14.8. The Morgan fingerprint density at radius 1 is 1.18 bits per heavy atom. The summed E-state index contributed by atoms with van der Waals surface area (Å²) in [7, 11) is 1.92. The third-order valence-electron chi connectivity index (χ3n) is 3.68. The molecule has 0 bridgehead atoms. The van der Waals surface area contributed by atoms with E-state index in [1.807, 2.05) is 25.2 Å². The van der Waals surface area contributed by atoms with Crippen LogP contribution in [-0.4, -0.2) is 44.0 Å². The molecule has 1 amide bonds. The number of carbonyl (C=O) groups excluding carboxylic acids is 1. The molecule has 4 nitrogen and oxygen atoms in total. The van der Waals surface area contributed by atoms with Gasteiger partial charge in [0, 0.05) is 18.7 Å². The van der Waals surface area contributed by atoms with E-state index in [-0.39, 0.29) is 30.7 Å². The Kier molecular flexibility index (Phi) is 11.3. The normalized spacial score (nSPS) is 14.0. The van der Waals surface area contributed by atoms with Crippen molar-refractivity contribution in [3.05, 3.63) is 35.4 Å². The summed E-state index contributed by atoms with van der Waals surface area (Å²) in [5.74, 6) is 0.0318. The molecule has 126 valence electrons. The number of hydrogen-bond donors (Lipinski definition) is 2. The number of rotatable bonds is 7. The van der Waals surface area contributed by atoms with Crippen LogP contribution in [0.4, 0.5) is 0 Å². The first-order valence-corrected chi connectivity index (χ1v) is 7.53. The second-order valence-corrected chi connectivity index (χ2v) is 5.40. The van der Waals surface area contributed by atoms with Crippen molar-refractivity contribution in [1.82, 2.24) is 15.5 Å². The molecule has 1 aromatic carbocycles. The Hall–Kier alpha value is -0.810. The highest BCUT2D eigenvalue weighted by Crippen LogP contribution is 2.13. The molecule has 0 unspecified atom stereocenters. The maximum atomic E-state index is 12.1. The van der Waals surface area contributed by atoms with Gasteiger partial charge in [-0.15, -0.1) is 24.8 Å². The van der Waals surface area contributed by atoms with Gasteiger partial charge in [-0.3, -0.25) is 9.69 Å². The van der Waals surface area contributed by atoms with Gasteiger partial charge in [0.2, 0.25) is 0 Å². The molecule has 1 fully saturated rings. The van der Waals surface area contributed by atoms with Crippen LogP contribution in [0.2, 0.25) is 0 Å². The number of carbonyl (C=O) groups is 1. The summed E-state index contributed by atoms with van der Waals surface area (Å²) < 4.78 is 0. The largest absolute Gasteiger partial charge is 0.352 e. The van der Waals surface area contributed by atoms with Crippen molar-refractivity contribution >= 4 is 30.7 Å². The standard InChI is InChI=1S/C16H25N3O.2ClH/c1-17-8-5-9-18-16(20)15-7-4-6-14(12-15)13-19-10-2-3-11-19;;/h4,6-7,12,17H,2-3,5,8-11,13H2,1H3,(H,18,20);2*1H. The van der Waals surface area contributed by atoms with E-state index < -0.39 is 0 Å². The Labute approximate surface area is 145 Å². The molecule has 1 heterocycles. The van der Waals surface area contributed by atoms with Crippen molar-refractivity contribution in [3.8, 4) is 0 Å². The van der Waals surface area contributed by atoms with Crippen LogP contribution < -0.4 is 10.6 Å². The lowest BCUT2D eigenvalue weighted by atomic mass is 10.1. The fourth-order valence-corrected chi connectivity index (χ4v) is 2.58. The lowest BCUT2D eigenvalue weighted by Crippen LogP contribution is -2.26. The quantitative estimate of drug-likeness (QED) is 0.744. The topological polar surface area (TPSA) is 44.4 Å². The fraction of sp³-hybridized carbons (Fsp3) is 0.562. The average molecular weight is 348 g/mol. The van der Waals surface area contributed by atoms with Crippen molar-refractivity contribution in [2.45, 2.75) is 25.8 Å². The third-order valence-corrected chi connectivity index (χ3v) is 3.68. The smallest absolute Gasteiger partial charge is 0.251 e. The van der Waals surface area contributed by atoms with Crippen LogP contribution in [0.1, 0.15) is 35.2 Å². The van der Waals surface area contributed by atoms with Gasteiger partial charge in [0.1, 0.15) is 0 Å². The number of likely N-dealkylation sites (tertiary alicyclic amines) is 1. The maximum absolute atomic E-state index is 12.1. The first-order chi connectivity index (χ1) is 9.79. The summed E-state index contributed by atoms with van der Waals surface area (Å²) in [5, 5.41) is 6.04. The highest BCUT2D eigenvalue weighted by atomic mass is 35.5. The van der Waals surface area contributed by atoms with Gasteiger partial charge in [-0.25, -0.2) is 0 Å². The minimum Gasteiger partial charge on any atom is -0.352 e. The Morgan fingerprint density at radius 3 is 2.59 bits per heavy atom. The molecule has 0 radical (unpaired) electrons. The molecule has 0 aromatic heterocycles. The van der Waals surface area contributed by atoms with Crippen molar-refractivity contribution in [2.24, 2.45) is 0 Å². The number of nitrogens with one attached hydrogen (secondary N) is 2. The lowest BCUT2D eigenvalue weighted by Gasteiger charge is -2.15. The maximum Gasteiger partial charge on any atom is 0.251 e. The monoisotopic (exact) mass is 347 g/mol. The SMILES string of the molecule is CNCCCNC(=O)c1cccc(CN2CCCC2)c1.Cl.Cl. The van der Waals surface area contributed by atoms with E-state index in [4.69, 9.17) is 0 Å². The van der Waals surface area contributed by atoms with Gasteiger partial charge < -0.3 is 10.6 Å². The molecule has 2 rings (SSSR count). The molecular formula is C16H27Cl2N3O. The number of nitrogens with zero attached hydrogens (tertiary/aromatic N) is 1. The molecule has 2 N–H and O–H groups in total. The summed E-state index contributed by atoms with van der Waals surface area (Å²) in [6, 6.07) is 8.00. The molecule has 1 aromatic rings. The third kappa shape index (κ3) is 6.97. The second kappa shape index (κ2) is 11.7. The first kappa shape index (κ1) is 21.2. The van der Waals surface area contributed by atoms with Gasteiger partial charge in [-0.2, -0.15) is 0 Å². The summed E-state index contributed by atoms with van der Waals surface area (Å²) in [6.07, 6.45) is 3.55. The first-order valence-electron chi connectivity index (χ1n) is 7.53. The zero-order chi connectivity index (χ0) is 14.2. The van der Waals surface area contributed by atoms with Crippen LogP contribution in [0.15, 0.2) is 24.3 Å². The van der Waals surface area contributed by atoms with E-state index in [2.05, 4.69) is 21.6 Å². The van der Waals surface area contributed by atoms with Crippen molar-refractivity contribution in [3.63, 3.8) is 0 Å². The van der Waals surface area contributed by atoms with E-state index >= 15 is 0 Å². The van der Waals surface area contributed by atoms with Gasteiger partial charge >= 0.3 is 0 Å². The number of benzene rings is 1. The Balaban J connectivity index is 0.00000220. The van der Waals surface area contributed by atoms with Crippen molar-refractivity contribution < 1.29 is 4.79 Å². The molecule has 0 saturated carbocycles. The van der Waals surface area contributed by atoms with E-state index in [9.17, 15) is 4.79 Å². The fourth-order valence-electron chi connectivity index (χ4n) is 2.58. The molecule has 1 saturated heterocycles. The number of halogens is 2. The van der Waals surface area contributed by atoms with Crippen LogP contribution in [0.3, 0.4) is 0 Å². The van der Waals surface area contributed by atoms with Gasteiger partial charge in [-0.05, 0) is 63.6 Å². The number of hydrogen-bond acceptors (Lipinski definition) is 3. The lowest BCUT2D eigenvalue weighted by molar-refractivity contribution is 0.0953. The molecule has 22 heavy (non-hydrogen) atoms. The van der Waals surface area contributed by atoms with Crippen LogP contribution in [-0.2, 0) is 6.54 Å². The summed E-state index contributed by atoms with van der Waals surface area (Å²) in [6.45, 7) is 4.97. The summed E-state index contributed by atoms with van der Waals surface area (Å²) in [5.41, 5.74) is 2.00. The number of amides is 1. The molecule has 6 heteroatoms. The van der Waals surface area contributed by atoms with Gasteiger partial charge in [0.05, 0.1) is 0 Å². The van der Waals surface area contributed by atoms with Gasteiger partial charge in [0.15, 0.2) is 0 Å². The molecule has 0 atom stereocenters. The zero-order valence-electron chi connectivity index (χ0n) is 13.1. The van der Waals surface area contributed by atoms with E-state index in [0.29, 0.717) is 0 Å². The highest BCUT2D eigenvalue weighted by Gasteiger charge is 2.12. The van der Waals surface area contributed by atoms with Gasteiger partial charge in [-0.1, -0.05) is 12.1 Å². The second-order valence-electron chi connectivity index (χ2n) is 5.40. The molecule has 1 aliphatic heterocycles. The summed E-state index contributed by atoms with van der Waals surface area (Å²) >= 11 is 0. The summed E-state index contributed by atoms with van der Waals surface area (Å²) in [4.78, 5) is 14.5. The Bertz CT molecular complexity index is 437. The predicted octanol–water partition coefficient (Wildman–Crippen LogP) is 2.47. The van der Waals surface area contributed by atoms with Crippen molar-refractivity contribution in [1.29, 1.82) is 0 Å². The molecule has 1 aliphatic rings. The van der Waals surface area contributed by atoms with Gasteiger partial charge in [0.25, 0.3) is 5.91 Å². The van der Waals surface area contributed by atoms with E-state index in [1.54, 1.807) is 0 Å². The molecule has 0 aliphatic carbocycles. The minimum atomic E-state index is 0.